The summed E-state index contributed by atoms with van der Waals surface area (Å²) in [4.78, 5) is 10.3. The van der Waals surface area contributed by atoms with Gasteiger partial charge in [-0.25, -0.2) is 17.2 Å². The molecule has 1 aromatic rings. The molecule has 94 valence electrons. The second-order valence-electron chi connectivity index (χ2n) is 3.41. The summed E-state index contributed by atoms with van der Waals surface area (Å²) in [5.74, 6) is -3.11. The Morgan fingerprint density at radius 3 is 2.24 bits per heavy atom. The van der Waals surface area contributed by atoms with E-state index < -0.39 is 27.2 Å². The van der Waals surface area contributed by atoms with Crippen LogP contribution in [0.4, 0.5) is 8.78 Å². The van der Waals surface area contributed by atoms with E-state index in [1.54, 1.807) is 0 Å². The Labute approximate surface area is 97.1 Å². The van der Waals surface area contributed by atoms with Gasteiger partial charge in [0.2, 0.25) is 0 Å². The molecule has 4 nitrogen and oxygen atoms in total. The number of halogens is 2. The van der Waals surface area contributed by atoms with Gasteiger partial charge in [0.05, 0.1) is 5.75 Å². The van der Waals surface area contributed by atoms with Crippen LogP contribution in [-0.4, -0.2) is 33.3 Å². The van der Waals surface area contributed by atoms with Crippen LogP contribution in [0.2, 0.25) is 0 Å². The SMILES string of the molecule is CS(=O)(=O)CCOc1c(F)cc(C=O)cc1F. The molecule has 0 aliphatic heterocycles. The lowest BCUT2D eigenvalue weighted by molar-refractivity contribution is 0.112. The molecule has 0 aliphatic rings. The maximum Gasteiger partial charge on any atom is 0.190 e. The number of rotatable bonds is 5. The molecule has 0 fully saturated rings. The van der Waals surface area contributed by atoms with Gasteiger partial charge in [0.15, 0.2) is 27.2 Å². The van der Waals surface area contributed by atoms with Gasteiger partial charge in [-0.2, -0.15) is 0 Å². The zero-order chi connectivity index (χ0) is 13.1. The van der Waals surface area contributed by atoms with E-state index in [-0.39, 0.29) is 17.9 Å². The Morgan fingerprint density at radius 1 is 1.29 bits per heavy atom. The summed E-state index contributed by atoms with van der Waals surface area (Å²) in [6.07, 6.45) is 1.28. The maximum absolute atomic E-state index is 13.2. The van der Waals surface area contributed by atoms with Crippen molar-refractivity contribution in [2.45, 2.75) is 0 Å². The predicted molar refractivity (Wildman–Crippen MR) is 57.0 cm³/mol. The standard InChI is InChI=1S/C10H10F2O4S/c1-17(14,15)3-2-16-10-8(11)4-7(6-13)5-9(10)12/h4-6H,2-3H2,1H3. The Balaban J connectivity index is 2.82. The van der Waals surface area contributed by atoms with E-state index in [0.717, 1.165) is 18.4 Å². The Hall–Kier alpha value is -1.50. The third-order valence-corrected chi connectivity index (χ3v) is 2.77. The summed E-state index contributed by atoms with van der Waals surface area (Å²) in [6, 6.07) is 1.62. The summed E-state index contributed by atoms with van der Waals surface area (Å²) in [7, 11) is -3.26. The predicted octanol–water partition coefficient (Wildman–Crippen LogP) is 1.20. The molecule has 1 aromatic carbocycles. The van der Waals surface area contributed by atoms with Crippen LogP contribution in [0, 0.1) is 11.6 Å². The number of sulfone groups is 1. The third-order valence-electron chi connectivity index (χ3n) is 1.86. The highest BCUT2D eigenvalue weighted by atomic mass is 32.2. The number of hydrogen-bond donors (Lipinski definition) is 0. The number of ether oxygens (including phenoxy) is 1. The first kappa shape index (κ1) is 13.6. The van der Waals surface area contributed by atoms with Gasteiger partial charge in [-0.3, -0.25) is 4.79 Å². The molecule has 0 radical (unpaired) electrons. The maximum atomic E-state index is 13.2. The van der Waals surface area contributed by atoms with Crippen LogP contribution in [0.5, 0.6) is 5.75 Å². The summed E-state index contributed by atoms with van der Waals surface area (Å²) in [6.45, 7) is -0.354. The summed E-state index contributed by atoms with van der Waals surface area (Å²) in [5.41, 5.74) is -0.157. The van der Waals surface area contributed by atoms with Gasteiger partial charge in [-0.15, -0.1) is 0 Å². The normalized spacial score (nSPS) is 11.2. The topological polar surface area (TPSA) is 60.4 Å². The lowest BCUT2D eigenvalue weighted by atomic mass is 10.2. The third kappa shape index (κ3) is 4.10. The summed E-state index contributed by atoms with van der Waals surface area (Å²) >= 11 is 0. The second-order valence-corrected chi connectivity index (χ2v) is 5.67. The van der Waals surface area contributed by atoms with E-state index in [9.17, 15) is 22.0 Å². The number of carbonyl (C=O) groups is 1. The highest BCUT2D eigenvalue weighted by molar-refractivity contribution is 7.90. The van der Waals surface area contributed by atoms with Crippen molar-refractivity contribution < 1.29 is 26.7 Å². The average Bonchev–Trinajstić information content (AvgIpc) is 2.20. The smallest absolute Gasteiger partial charge is 0.190 e. The molecule has 0 unspecified atom stereocenters. The van der Waals surface area contributed by atoms with Crippen LogP contribution in [0.1, 0.15) is 10.4 Å². The molecule has 17 heavy (non-hydrogen) atoms. The van der Waals surface area contributed by atoms with Crippen LogP contribution in [0.25, 0.3) is 0 Å². The van der Waals surface area contributed by atoms with Crippen molar-refractivity contribution in [3.05, 3.63) is 29.3 Å². The van der Waals surface area contributed by atoms with Crippen molar-refractivity contribution in [2.75, 3.05) is 18.6 Å². The minimum Gasteiger partial charge on any atom is -0.487 e. The van der Waals surface area contributed by atoms with E-state index in [0.29, 0.717) is 6.29 Å². The molecular weight excluding hydrogens is 254 g/mol. The van der Waals surface area contributed by atoms with Crippen molar-refractivity contribution in [1.82, 2.24) is 0 Å². The second kappa shape index (κ2) is 5.22. The van der Waals surface area contributed by atoms with Crippen LogP contribution < -0.4 is 4.74 Å². The molecule has 1 rings (SSSR count). The zero-order valence-corrected chi connectivity index (χ0v) is 9.76. The molecule has 0 N–H and O–H groups in total. The molecule has 0 atom stereocenters. The van der Waals surface area contributed by atoms with Crippen LogP contribution >= 0.6 is 0 Å². The van der Waals surface area contributed by atoms with Crippen molar-refractivity contribution in [2.24, 2.45) is 0 Å². The first-order valence-electron chi connectivity index (χ1n) is 4.58. The van der Waals surface area contributed by atoms with Crippen molar-refractivity contribution in [3.63, 3.8) is 0 Å². The minimum absolute atomic E-state index is 0.157. The number of aldehydes is 1. The molecule has 0 amide bonds. The molecule has 0 saturated carbocycles. The van der Waals surface area contributed by atoms with E-state index >= 15 is 0 Å². The van der Waals surface area contributed by atoms with Gasteiger partial charge < -0.3 is 4.74 Å². The van der Waals surface area contributed by atoms with Gasteiger partial charge in [-0.1, -0.05) is 0 Å². The monoisotopic (exact) mass is 264 g/mol. The fraction of sp³-hybridized carbons (Fsp3) is 0.300. The molecular formula is C10H10F2O4S. The molecule has 0 spiro atoms. The fourth-order valence-corrected chi connectivity index (χ4v) is 1.47. The highest BCUT2D eigenvalue weighted by Crippen LogP contribution is 2.22. The van der Waals surface area contributed by atoms with Crippen LogP contribution in [0.3, 0.4) is 0 Å². The first-order chi connectivity index (χ1) is 7.83. The van der Waals surface area contributed by atoms with E-state index in [1.807, 2.05) is 0 Å². The number of carbonyl (C=O) groups excluding carboxylic acids is 1. The molecule has 0 heterocycles. The van der Waals surface area contributed by atoms with E-state index in [2.05, 4.69) is 0 Å². The van der Waals surface area contributed by atoms with Crippen LogP contribution in [0.15, 0.2) is 12.1 Å². The Morgan fingerprint density at radius 2 is 1.82 bits per heavy atom. The number of hydrogen-bond acceptors (Lipinski definition) is 4. The van der Waals surface area contributed by atoms with Crippen molar-refractivity contribution in [1.29, 1.82) is 0 Å². The zero-order valence-electron chi connectivity index (χ0n) is 8.94. The fourth-order valence-electron chi connectivity index (χ4n) is 1.08. The average molecular weight is 264 g/mol. The van der Waals surface area contributed by atoms with Crippen molar-refractivity contribution in [3.8, 4) is 5.75 Å². The van der Waals surface area contributed by atoms with Crippen LogP contribution in [-0.2, 0) is 9.84 Å². The molecule has 7 heteroatoms. The molecule has 0 bridgehead atoms. The number of benzene rings is 1. The molecule has 0 aliphatic carbocycles. The quantitative estimate of drug-likeness (QED) is 0.750. The Kier molecular flexibility index (Phi) is 4.17. The highest BCUT2D eigenvalue weighted by Gasteiger charge is 2.13. The lowest BCUT2D eigenvalue weighted by Gasteiger charge is -2.08. The van der Waals surface area contributed by atoms with Crippen molar-refractivity contribution >= 4 is 16.1 Å². The van der Waals surface area contributed by atoms with E-state index in [1.165, 1.54) is 0 Å². The van der Waals surface area contributed by atoms with E-state index in [4.69, 9.17) is 4.74 Å². The summed E-state index contributed by atoms with van der Waals surface area (Å²) < 4.78 is 52.7. The first-order valence-corrected chi connectivity index (χ1v) is 6.64. The summed E-state index contributed by atoms with van der Waals surface area (Å²) in [5, 5.41) is 0. The van der Waals surface area contributed by atoms with Gasteiger partial charge in [0.1, 0.15) is 12.9 Å². The van der Waals surface area contributed by atoms with Gasteiger partial charge >= 0.3 is 0 Å². The Bertz CT molecular complexity index is 502. The van der Waals surface area contributed by atoms with Gasteiger partial charge in [-0.05, 0) is 12.1 Å². The molecule has 0 saturated heterocycles. The van der Waals surface area contributed by atoms with Gasteiger partial charge in [0.25, 0.3) is 0 Å². The largest absolute Gasteiger partial charge is 0.487 e. The van der Waals surface area contributed by atoms with Gasteiger partial charge in [0, 0.05) is 11.8 Å². The molecule has 0 aromatic heterocycles. The lowest BCUT2D eigenvalue weighted by Crippen LogP contribution is -2.13. The minimum atomic E-state index is -3.26.